The Morgan fingerprint density at radius 1 is 1.25 bits per heavy atom. The molecule has 2 N–H and O–H groups in total. The molecular weight excluding hydrogens is 196 g/mol. The lowest BCUT2D eigenvalue weighted by atomic mass is 9.93. The fourth-order valence-electron chi connectivity index (χ4n) is 2.94. The molecule has 2 heterocycles. The predicted molar refractivity (Wildman–Crippen MR) is 67.8 cm³/mol. The first-order valence-corrected chi connectivity index (χ1v) is 6.46. The fourth-order valence-corrected chi connectivity index (χ4v) is 2.94. The summed E-state index contributed by atoms with van der Waals surface area (Å²) in [5, 5.41) is 7.12. The lowest BCUT2D eigenvalue weighted by molar-refractivity contribution is 0.341. The average molecular weight is 216 g/mol. The van der Waals surface area contributed by atoms with Crippen molar-refractivity contribution < 1.29 is 0 Å². The Balaban J connectivity index is 1.83. The molecule has 0 aliphatic carbocycles. The Bertz CT molecular complexity index is 386. The number of hydrogen-bond acceptors (Lipinski definition) is 2. The molecule has 16 heavy (non-hydrogen) atoms. The molecule has 1 fully saturated rings. The molecule has 2 nitrogen and oxygen atoms in total. The summed E-state index contributed by atoms with van der Waals surface area (Å²) in [6.07, 6.45) is 5.15. The standard InChI is InChI=1S/C14H20N2/c1-10-3-2-4-14(16-10)11-5-6-13-12(9-11)7-8-15-13/h5-6,9-10,14-16H,2-4,7-8H2,1H3. The molecule has 0 saturated carbocycles. The Morgan fingerprint density at radius 3 is 3.06 bits per heavy atom. The second kappa shape index (κ2) is 4.10. The van der Waals surface area contributed by atoms with Crippen molar-refractivity contribution in [2.45, 2.75) is 44.7 Å². The average Bonchev–Trinajstić information content (AvgIpc) is 2.75. The third kappa shape index (κ3) is 1.82. The van der Waals surface area contributed by atoms with E-state index in [2.05, 4.69) is 35.8 Å². The van der Waals surface area contributed by atoms with Gasteiger partial charge in [-0.3, -0.25) is 0 Å². The highest BCUT2D eigenvalue weighted by molar-refractivity contribution is 5.56. The first-order valence-electron chi connectivity index (χ1n) is 6.46. The summed E-state index contributed by atoms with van der Waals surface area (Å²) in [4.78, 5) is 0. The van der Waals surface area contributed by atoms with E-state index in [4.69, 9.17) is 0 Å². The topological polar surface area (TPSA) is 24.1 Å². The van der Waals surface area contributed by atoms with E-state index in [0.717, 1.165) is 6.54 Å². The van der Waals surface area contributed by atoms with Crippen LogP contribution in [-0.4, -0.2) is 12.6 Å². The van der Waals surface area contributed by atoms with Gasteiger partial charge in [0.15, 0.2) is 0 Å². The quantitative estimate of drug-likeness (QED) is 0.754. The molecule has 0 spiro atoms. The molecule has 0 aromatic heterocycles. The molecule has 2 aliphatic heterocycles. The van der Waals surface area contributed by atoms with Crippen molar-refractivity contribution in [2.24, 2.45) is 0 Å². The molecule has 0 amide bonds. The van der Waals surface area contributed by atoms with Gasteiger partial charge in [0.05, 0.1) is 0 Å². The monoisotopic (exact) mass is 216 g/mol. The highest BCUT2D eigenvalue weighted by Crippen LogP contribution is 2.30. The highest BCUT2D eigenvalue weighted by atomic mass is 15.0. The first kappa shape index (κ1) is 10.2. The van der Waals surface area contributed by atoms with Gasteiger partial charge in [0, 0.05) is 24.3 Å². The van der Waals surface area contributed by atoms with E-state index in [0.29, 0.717) is 12.1 Å². The minimum atomic E-state index is 0.578. The summed E-state index contributed by atoms with van der Waals surface area (Å²) >= 11 is 0. The van der Waals surface area contributed by atoms with Crippen LogP contribution in [0.3, 0.4) is 0 Å². The summed E-state index contributed by atoms with van der Waals surface area (Å²) < 4.78 is 0. The van der Waals surface area contributed by atoms with Crippen LogP contribution in [0.2, 0.25) is 0 Å². The van der Waals surface area contributed by atoms with Crippen molar-refractivity contribution in [1.82, 2.24) is 5.32 Å². The van der Waals surface area contributed by atoms with Crippen molar-refractivity contribution in [1.29, 1.82) is 0 Å². The van der Waals surface area contributed by atoms with E-state index in [9.17, 15) is 0 Å². The van der Waals surface area contributed by atoms with Gasteiger partial charge in [0.2, 0.25) is 0 Å². The van der Waals surface area contributed by atoms with Crippen LogP contribution >= 0.6 is 0 Å². The smallest absolute Gasteiger partial charge is 0.0373 e. The number of anilines is 1. The Kier molecular flexibility index (Phi) is 2.60. The molecule has 3 rings (SSSR count). The second-order valence-corrected chi connectivity index (χ2v) is 5.14. The van der Waals surface area contributed by atoms with Crippen LogP contribution in [0.1, 0.15) is 43.4 Å². The molecule has 0 radical (unpaired) electrons. The van der Waals surface area contributed by atoms with Crippen molar-refractivity contribution in [3.05, 3.63) is 29.3 Å². The number of benzene rings is 1. The van der Waals surface area contributed by atoms with Crippen LogP contribution in [0.25, 0.3) is 0 Å². The number of fused-ring (bicyclic) bond motifs is 1. The minimum absolute atomic E-state index is 0.578. The lowest BCUT2D eigenvalue weighted by Gasteiger charge is -2.29. The molecule has 2 unspecified atom stereocenters. The highest BCUT2D eigenvalue weighted by Gasteiger charge is 2.20. The van der Waals surface area contributed by atoms with E-state index in [1.54, 1.807) is 0 Å². The number of piperidine rings is 1. The van der Waals surface area contributed by atoms with Crippen LogP contribution < -0.4 is 10.6 Å². The molecule has 86 valence electrons. The van der Waals surface area contributed by atoms with Gasteiger partial charge >= 0.3 is 0 Å². The number of rotatable bonds is 1. The van der Waals surface area contributed by atoms with Crippen molar-refractivity contribution >= 4 is 5.69 Å². The maximum atomic E-state index is 3.70. The third-order valence-corrected chi connectivity index (χ3v) is 3.86. The molecule has 2 heteroatoms. The van der Waals surface area contributed by atoms with Crippen molar-refractivity contribution in [3.8, 4) is 0 Å². The van der Waals surface area contributed by atoms with E-state index < -0.39 is 0 Å². The Labute approximate surface area is 97.4 Å². The summed E-state index contributed by atoms with van der Waals surface area (Å²) in [7, 11) is 0. The predicted octanol–water partition coefficient (Wildman–Crippen LogP) is 2.86. The van der Waals surface area contributed by atoms with Crippen molar-refractivity contribution in [2.75, 3.05) is 11.9 Å². The largest absolute Gasteiger partial charge is 0.384 e. The van der Waals surface area contributed by atoms with Crippen LogP contribution in [0, 0.1) is 0 Å². The van der Waals surface area contributed by atoms with Gasteiger partial charge in [-0.05, 0) is 43.4 Å². The minimum Gasteiger partial charge on any atom is -0.384 e. The van der Waals surface area contributed by atoms with Crippen LogP contribution in [0.5, 0.6) is 0 Å². The van der Waals surface area contributed by atoms with E-state index >= 15 is 0 Å². The molecular formula is C14H20N2. The van der Waals surface area contributed by atoms with Crippen LogP contribution in [0.4, 0.5) is 5.69 Å². The SMILES string of the molecule is CC1CCCC(c2ccc3c(c2)CCN3)N1. The summed E-state index contributed by atoms with van der Waals surface area (Å²) in [6.45, 7) is 3.40. The van der Waals surface area contributed by atoms with Gasteiger partial charge in [-0.2, -0.15) is 0 Å². The lowest BCUT2D eigenvalue weighted by Crippen LogP contribution is -2.34. The second-order valence-electron chi connectivity index (χ2n) is 5.14. The zero-order valence-corrected chi connectivity index (χ0v) is 9.92. The van der Waals surface area contributed by atoms with Gasteiger partial charge in [-0.1, -0.05) is 18.6 Å². The van der Waals surface area contributed by atoms with Gasteiger partial charge in [0.1, 0.15) is 0 Å². The Morgan fingerprint density at radius 2 is 2.19 bits per heavy atom. The zero-order chi connectivity index (χ0) is 11.0. The van der Waals surface area contributed by atoms with Gasteiger partial charge in [-0.15, -0.1) is 0 Å². The third-order valence-electron chi connectivity index (χ3n) is 3.86. The van der Waals surface area contributed by atoms with Gasteiger partial charge in [-0.25, -0.2) is 0 Å². The maximum absolute atomic E-state index is 3.70. The molecule has 1 saturated heterocycles. The van der Waals surface area contributed by atoms with E-state index in [-0.39, 0.29) is 0 Å². The van der Waals surface area contributed by atoms with Gasteiger partial charge < -0.3 is 10.6 Å². The molecule has 1 aromatic carbocycles. The summed E-state index contributed by atoms with van der Waals surface area (Å²) in [5.41, 5.74) is 4.32. The number of hydrogen-bond donors (Lipinski definition) is 2. The van der Waals surface area contributed by atoms with E-state index in [1.807, 2.05) is 0 Å². The summed E-state index contributed by atoms with van der Waals surface area (Å²) in [5.74, 6) is 0. The first-order chi connectivity index (χ1) is 7.83. The molecule has 2 aliphatic rings. The normalized spacial score (nSPS) is 28.6. The van der Waals surface area contributed by atoms with E-state index in [1.165, 1.54) is 42.5 Å². The van der Waals surface area contributed by atoms with Crippen LogP contribution in [0.15, 0.2) is 18.2 Å². The fraction of sp³-hybridized carbons (Fsp3) is 0.571. The molecule has 2 atom stereocenters. The Hall–Kier alpha value is -1.02. The van der Waals surface area contributed by atoms with Gasteiger partial charge in [0.25, 0.3) is 0 Å². The molecule has 0 bridgehead atoms. The number of nitrogens with one attached hydrogen (secondary N) is 2. The van der Waals surface area contributed by atoms with Crippen LogP contribution in [-0.2, 0) is 6.42 Å². The molecule has 1 aromatic rings. The maximum Gasteiger partial charge on any atom is 0.0373 e. The zero-order valence-electron chi connectivity index (χ0n) is 9.92. The van der Waals surface area contributed by atoms with Crippen molar-refractivity contribution in [3.63, 3.8) is 0 Å². The summed E-state index contributed by atoms with van der Waals surface area (Å²) in [6, 6.07) is 8.18.